The Labute approximate surface area is 141 Å². The Bertz CT molecular complexity index is 601. The molecule has 2 N–H and O–H groups in total. The van der Waals surface area contributed by atoms with Crippen LogP contribution in [0, 0.1) is 8.80 Å². The van der Waals surface area contributed by atoms with Gasteiger partial charge in [-0.15, -0.1) is 22.7 Å². The van der Waals surface area contributed by atoms with E-state index in [0.717, 1.165) is 20.6 Å². The van der Waals surface area contributed by atoms with Gasteiger partial charge in [0.05, 0.1) is 7.76 Å². The van der Waals surface area contributed by atoms with Crippen molar-refractivity contribution in [2.24, 2.45) is 5.92 Å². The number of thiophene rings is 2. The van der Waals surface area contributed by atoms with Crippen molar-refractivity contribution in [2.45, 2.75) is 33.1 Å². The Hall–Kier alpha value is -0.400. The number of nitrogens with one attached hydrogen (secondary N) is 1. The topological polar surface area (TPSA) is 34.2 Å². The molecule has 0 amide bonds. The number of aliphatic hydroxyl groups excluding tert-OH is 1. The molecule has 0 aromatic carbocycles. The summed E-state index contributed by atoms with van der Waals surface area (Å²) < 4.78 is 1.10. The van der Waals surface area contributed by atoms with Gasteiger partial charge in [-0.3, -0.25) is 0 Å². The van der Waals surface area contributed by atoms with Gasteiger partial charge in [-0.25, -0.2) is 0 Å². The van der Waals surface area contributed by atoms with E-state index < -0.39 is 0 Å². The molecule has 0 aliphatic rings. The highest BCUT2D eigenvalue weighted by Crippen LogP contribution is 2.31. The summed E-state index contributed by atoms with van der Waals surface area (Å²) in [6.07, 6.45) is 1.16. The molecule has 0 radical (unpaired) electrons. The Morgan fingerprint density at radius 2 is 1.95 bits per heavy atom. The van der Waals surface area contributed by atoms with Crippen molar-refractivity contribution in [2.75, 3.05) is 0 Å². The summed E-state index contributed by atoms with van der Waals surface area (Å²) in [6, 6.07) is 3.99. The van der Waals surface area contributed by atoms with Gasteiger partial charge in [0.15, 0.2) is 0 Å². The quantitative estimate of drug-likeness (QED) is 0.423. The number of hydrogen-bond donors (Lipinski definition) is 2. The number of rotatable bonds is 5. The average Bonchev–Trinajstić information content (AvgIpc) is 2.96. The Kier molecular flexibility index (Phi) is 5.63. The Morgan fingerprint density at radius 1 is 1.25 bits per heavy atom. The highest BCUT2D eigenvalue weighted by atomic mass is 127. The highest BCUT2D eigenvalue weighted by molar-refractivity contribution is 14.1. The summed E-state index contributed by atoms with van der Waals surface area (Å²) in [5.74, 6) is 1.43. The molecular formula is C15H19INOS2+. The highest BCUT2D eigenvalue weighted by Gasteiger charge is 2.20. The molecule has 2 aromatic rings. The summed E-state index contributed by atoms with van der Waals surface area (Å²) in [4.78, 5) is 4.49. The molecule has 0 aliphatic heterocycles. The van der Waals surface area contributed by atoms with E-state index in [4.69, 9.17) is 0 Å². The van der Waals surface area contributed by atoms with Crippen LogP contribution in [0.5, 0.6) is 0 Å². The third-order valence-corrected chi connectivity index (χ3v) is 6.29. The number of aliphatic hydroxyl groups is 1. The predicted molar refractivity (Wildman–Crippen MR) is 96.6 cm³/mol. The molecule has 108 valence electrons. The van der Waals surface area contributed by atoms with Gasteiger partial charge in [0.25, 0.3) is 0 Å². The average molecular weight is 420 g/mol. The standard InChI is InChI=1S/C15H18INOS2/c1-9(2)8-10(3)13-12(5-7-19-13)17-15(18)11-4-6-20-14(11)16/h4-7,9-10H,8H2,1-3H3,(H,17,18)/p+1. The van der Waals surface area contributed by atoms with Crippen LogP contribution in [-0.2, 0) is 0 Å². The maximum absolute atomic E-state index is 10.3. The molecule has 20 heavy (non-hydrogen) atoms. The molecule has 0 bridgehead atoms. The molecule has 0 spiro atoms. The lowest BCUT2D eigenvalue weighted by Gasteiger charge is -2.11. The van der Waals surface area contributed by atoms with Crippen molar-refractivity contribution in [3.63, 3.8) is 0 Å². The van der Waals surface area contributed by atoms with Crippen LogP contribution < -0.4 is 4.99 Å². The predicted octanol–water partition coefficient (Wildman–Crippen LogP) is 4.28. The monoisotopic (exact) mass is 420 g/mol. The summed E-state index contributed by atoms with van der Waals surface area (Å²) in [6.45, 7) is 6.74. The van der Waals surface area contributed by atoms with E-state index in [1.54, 1.807) is 22.7 Å². The summed E-state index contributed by atoms with van der Waals surface area (Å²) in [7, 11) is 0. The van der Waals surface area contributed by atoms with Gasteiger partial charge in [-0.2, -0.15) is 4.99 Å². The van der Waals surface area contributed by atoms with E-state index in [2.05, 4.69) is 53.7 Å². The van der Waals surface area contributed by atoms with Gasteiger partial charge < -0.3 is 5.11 Å². The van der Waals surface area contributed by atoms with E-state index in [0.29, 0.717) is 11.8 Å². The van der Waals surface area contributed by atoms with Gasteiger partial charge >= 0.3 is 5.90 Å². The number of halogens is 1. The van der Waals surface area contributed by atoms with Gasteiger partial charge in [0, 0.05) is 6.07 Å². The maximum Gasteiger partial charge on any atom is 0.373 e. The number of hydrogen-bond acceptors (Lipinski definition) is 2. The third kappa shape index (κ3) is 3.83. The minimum Gasteiger partial charge on any atom is -0.459 e. The lowest BCUT2D eigenvalue weighted by Crippen LogP contribution is -2.67. The Morgan fingerprint density at radius 3 is 2.55 bits per heavy atom. The minimum absolute atomic E-state index is 0.243. The zero-order valence-electron chi connectivity index (χ0n) is 11.8. The molecule has 0 saturated heterocycles. The zero-order valence-corrected chi connectivity index (χ0v) is 15.6. The first-order valence-corrected chi connectivity index (χ1v) is 9.46. The van der Waals surface area contributed by atoms with Crippen LogP contribution in [0.4, 0.5) is 5.69 Å². The van der Waals surface area contributed by atoms with Crippen molar-refractivity contribution in [1.29, 1.82) is 0 Å². The molecular weight excluding hydrogens is 401 g/mol. The summed E-state index contributed by atoms with van der Waals surface area (Å²) in [5.41, 5.74) is 1.91. The molecule has 1 unspecified atom stereocenters. The van der Waals surface area contributed by atoms with E-state index in [-0.39, 0.29) is 5.90 Å². The minimum atomic E-state index is 0.243. The summed E-state index contributed by atoms with van der Waals surface area (Å²) >= 11 is 5.64. The van der Waals surface area contributed by atoms with Crippen LogP contribution in [-0.4, -0.2) is 11.0 Å². The van der Waals surface area contributed by atoms with E-state index >= 15 is 0 Å². The first kappa shape index (κ1) is 16.0. The van der Waals surface area contributed by atoms with E-state index in [9.17, 15) is 5.11 Å². The van der Waals surface area contributed by atoms with Gasteiger partial charge in [0.1, 0.15) is 5.56 Å². The van der Waals surface area contributed by atoms with Crippen LogP contribution >= 0.6 is 45.3 Å². The van der Waals surface area contributed by atoms with Crippen LogP contribution in [0.1, 0.15) is 43.6 Å². The smallest absolute Gasteiger partial charge is 0.373 e. The van der Waals surface area contributed by atoms with Crippen molar-refractivity contribution < 1.29 is 10.1 Å². The fourth-order valence-corrected chi connectivity index (χ4v) is 4.69. The molecule has 2 aromatic heterocycles. The maximum atomic E-state index is 10.3. The fourth-order valence-electron chi connectivity index (χ4n) is 2.28. The van der Waals surface area contributed by atoms with Crippen LogP contribution in [0.3, 0.4) is 0 Å². The second-order valence-corrected chi connectivity index (χ2v) is 8.99. The molecule has 2 nitrogen and oxygen atoms in total. The molecule has 2 heterocycles. The van der Waals surface area contributed by atoms with Crippen LogP contribution in [0.15, 0.2) is 22.9 Å². The molecule has 5 heteroatoms. The first-order chi connectivity index (χ1) is 9.49. The normalized spacial score (nSPS) is 13.9. The molecule has 2 rings (SSSR count). The second-order valence-electron chi connectivity index (χ2n) is 5.31. The zero-order chi connectivity index (χ0) is 14.7. The van der Waals surface area contributed by atoms with Crippen molar-refractivity contribution in [3.8, 4) is 0 Å². The van der Waals surface area contributed by atoms with Crippen molar-refractivity contribution >= 4 is 56.8 Å². The van der Waals surface area contributed by atoms with Gasteiger partial charge in [-0.1, -0.05) is 20.8 Å². The third-order valence-electron chi connectivity index (χ3n) is 3.09. The lowest BCUT2D eigenvalue weighted by atomic mass is 9.97. The molecule has 0 aliphatic carbocycles. The largest absolute Gasteiger partial charge is 0.459 e. The van der Waals surface area contributed by atoms with Gasteiger partial charge in [-0.05, 0) is 57.7 Å². The molecule has 1 atom stereocenters. The molecule has 0 saturated carbocycles. The SMILES string of the molecule is CC(C)CC(C)c1sccc1[NH+]=C(O)c1ccsc1I. The van der Waals surface area contributed by atoms with E-state index in [1.165, 1.54) is 4.88 Å². The van der Waals surface area contributed by atoms with Crippen LogP contribution in [0.2, 0.25) is 0 Å². The lowest BCUT2D eigenvalue weighted by molar-refractivity contribution is -0.365. The van der Waals surface area contributed by atoms with Crippen molar-refractivity contribution in [3.05, 3.63) is 36.2 Å². The van der Waals surface area contributed by atoms with Crippen LogP contribution in [0.25, 0.3) is 0 Å². The Balaban J connectivity index is 2.26. The second kappa shape index (κ2) is 7.04. The van der Waals surface area contributed by atoms with Gasteiger partial charge in [0.2, 0.25) is 5.69 Å². The van der Waals surface area contributed by atoms with Crippen molar-refractivity contribution in [1.82, 2.24) is 0 Å². The molecule has 0 fully saturated rings. The fraction of sp³-hybridized carbons (Fsp3) is 0.400. The van der Waals surface area contributed by atoms with E-state index in [1.807, 2.05) is 17.5 Å². The first-order valence-electron chi connectivity index (χ1n) is 6.62. The summed E-state index contributed by atoms with van der Waals surface area (Å²) in [5, 5.41) is 14.3.